The Morgan fingerprint density at radius 3 is 2.13 bits per heavy atom. The molecule has 9 heteroatoms. The molecule has 8 nitrogen and oxygen atoms in total. The molecule has 1 saturated heterocycles. The second-order valence-electron chi connectivity index (χ2n) is 12.0. The Labute approximate surface area is 230 Å². The summed E-state index contributed by atoms with van der Waals surface area (Å²) < 4.78 is 32.0. The summed E-state index contributed by atoms with van der Waals surface area (Å²) in [5.74, 6) is 1.78. The third kappa shape index (κ3) is 5.31. The van der Waals surface area contributed by atoms with Gasteiger partial charge < -0.3 is 15.0 Å². The van der Waals surface area contributed by atoms with E-state index in [1.165, 1.54) is 44.1 Å². The number of hydrogen-bond donors (Lipinski definition) is 1. The van der Waals surface area contributed by atoms with Crippen LogP contribution in [0, 0.1) is 17.8 Å². The summed E-state index contributed by atoms with van der Waals surface area (Å²) in [5, 5.41) is 2.78. The van der Waals surface area contributed by atoms with E-state index >= 15 is 0 Å². The molecule has 4 aliphatic carbocycles. The molecule has 7 rings (SSSR count). The molecule has 0 unspecified atom stereocenters. The fourth-order valence-corrected chi connectivity index (χ4v) is 8.74. The molecule has 2 aromatic rings. The summed E-state index contributed by atoms with van der Waals surface area (Å²) in [6.45, 7) is 1.55. The van der Waals surface area contributed by atoms with Crippen molar-refractivity contribution in [1.29, 1.82) is 0 Å². The van der Waals surface area contributed by atoms with Gasteiger partial charge in [-0.15, -0.1) is 0 Å². The zero-order valence-corrected chi connectivity index (χ0v) is 23.3. The van der Waals surface area contributed by atoms with Gasteiger partial charge in [-0.3, -0.25) is 13.9 Å². The zero-order chi connectivity index (χ0) is 27.2. The predicted octanol–water partition coefficient (Wildman–Crippen LogP) is 4.03. The lowest BCUT2D eigenvalue weighted by Gasteiger charge is -2.57. The fourth-order valence-electron chi connectivity index (χ4n) is 7.88. The monoisotopic (exact) mass is 551 g/mol. The molecule has 0 aromatic heterocycles. The normalized spacial score (nSPS) is 27.8. The number of morpholine rings is 1. The quantitative estimate of drug-likeness (QED) is 0.561. The SMILES string of the molecule is CS(=O)(=O)N(CC(=O)Nc1ccccc1C(=O)N1CCOCC1)c1ccc(C23CC4CC(CC(C4)C2)C3)cc1. The Hall–Kier alpha value is -2.91. The highest BCUT2D eigenvalue weighted by Gasteiger charge is 2.51. The molecule has 1 aliphatic heterocycles. The van der Waals surface area contributed by atoms with Gasteiger partial charge in [-0.25, -0.2) is 8.42 Å². The number of carbonyl (C=O) groups excluding carboxylic acids is 2. The van der Waals surface area contributed by atoms with Crippen LogP contribution in [0.4, 0.5) is 11.4 Å². The fraction of sp³-hybridized carbons (Fsp3) is 0.533. The summed E-state index contributed by atoms with van der Waals surface area (Å²) in [7, 11) is -3.72. The van der Waals surface area contributed by atoms with Crippen molar-refractivity contribution in [3.8, 4) is 0 Å². The highest BCUT2D eigenvalue weighted by Crippen LogP contribution is 2.60. The largest absolute Gasteiger partial charge is 0.378 e. The third-order valence-corrected chi connectivity index (χ3v) is 10.4. The molecule has 39 heavy (non-hydrogen) atoms. The molecule has 0 radical (unpaired) electrons. The number of benzene rings is 2. The second kappa shape index (κ2) is 10.2. The molecular formula is C30H37N3O5S. The Morgan fingerprint density at radius 1 is 0.949 bits per heavy atom. The second-order valence-corrected chi connectivity index (χ2v) is 13.9. The van der Waals surface area contributed by atoms with Gasteiger partial charge in [-0.2, -0.15) is 0 Å². The van der Waals surface area contributed by atoms with Gasteiger partial charge in [-0.1, -0.05) is 24.3 Å². The number of nitrogens with one attached hydrogen (secondary N) is 1. The van der Waals surface area contributed by atoms with Crippen molar-refractivity contribution >= 4 is 33.2 Å². The van der Waals surface area contributed by atoms with E-state index in [0.29, 0.717) is 43.2 Å². The van der Waals surface area contributed by atoms with E-state index in [9.17, 15) is 18.0 Å². The topological polar surface area (TPSA) is 96.0 Å². The Balaban J connectivity index is 1.18. The summed E-state index contributed by atoms with van der Waals surface area (Å²) in [6, 6.07) is 14.7. The predicted molar refractivity (Wildman–Crippen MR) is 150 cm³/mol. The van der Waals surface area contributed by atoms with Crippen LogP contribution in [0.2, 0.25) is 0 Å². The lowest BCUT2D eigenvalue weighted by atomic mass is 9.48. The van der Waals surface area contributed by atoms with Crippen LogP contribution in [0.1, 0.15) is 54.4 Å². The van der Waals surface area contributed by atoms with Gasteiger partial charge >= 0.3 is 0 Å². The van der Waals surface area contributed by atoms with E-state index in [-0.39, 0.29) is 17.9 Å². The van der Waals surface area contributed by atoms with E-state index in [1.54, 1.807) is 29.2 Å². The summed E-state index contributed by atoms with van der Waals surface area (Å²) >= 11 is 0. The first-order valence-corrected chi connectivity index (χ1v) is 15.9. The lowest BCUT2D eigenvalue weighted by Crippen LogP contribution is -2.48. The maximum atomic E-state index is 13.1. The van der Waals surface area contributed by atoms with Crippen molar-refractivity contribution in [2.24, 2.45) is 17.8 Å². The van der Waals surface area contributed by atoms with E-state index in [2.05, 4.69) is 17.4 Å². The summed E-state index contributed by atoms with van der Waals surface area (Å²) in [5.41, 5.74) is 2.73. The highest BCUT2D eigenvalue weighted by atomic mass is 32.2. The first kappa shape index (κ1) is 26.3. The van der Waals surface area contributed by atoms with E-state index in [1.807, 2.05) is 12.1 Å². The smallest absolute Gasteiger partial charge is 0.256 e. The van der Waals surface area contributed by atoms with Crippen molar-refractivity contribution in [3.05, 3.63) is 59.7 Å². The van der Waals surface area contributed by atoms with Crippen molar-refractivity contribution in [1.82, 2.24) is 4.90 Å². The molecule has 1 heterocycles. The molecule has 5 aliphatic rings. The number of nitrogens with zero attached hydrogens (tertiary/aromatic N) is 2. The van der Waals surface area contributed by atoms with Crippen molar-refractivity contribution in [2.45, 2.75) is 43.9 Å². The van der Waals surface area contributed by atoms with E-state index in [0.717, 1.165) is 28.3 Å². The first-order chi connectivity index (χ1) is 18.7. The van der Waals surface area contributed by atoms with Gasteiger partial charge in [-0.05, 0) is 91.5 Å². The number of anilines is 2. The molecule has 0 atom stereocenters. The Kier molecular flexibility index (Phi) is 6.91. The van der Waals surface area contributed by atoms with Crippen LogP contribution >= 0.6 is 0 Å². The van der Waals surface area contributed by atoms with Gasteiger partial charge in [0.25, 0.3) is 5.91 Å². The summed E-state index contributed by atoms with van der Waals surface area (Å²) in [4.78, 5) is 27.9. The maximum Gasteiger partial charge on any atom is 0.256 e. The average molecular weight is 552 g/mol. The van der Waals surface area contributed by atoms with Crippen LogP contribution in [0.3, 0.4) is 0 Å². The van der Waals surface area contributed by atoms with Crippen LogP contribution in [0.25, 0.3) is 0 Å². The molecule has 4 bridgehead atoms. The van der Waals surface area contributed by atoms with Crippen LogP contribution in [0.5, 0.6) is 0 Å². The van der Waals surface area contributed by atoms with E-state index < -0.39 is 15.9 Å². The summed E-state index contributed by atoms with van der Waals surface area (Å²) in [6.07, 6.45) is 8.93. The third-order valence-electron chi connectivity index (χ3n) is 9.22. The standard InChI is InChI=1S/C30H37N3O5S/c1-39(36,37)33(20-28(34)31-27-5-3-2-4-26(27)29(35)32-10-12-38-13-11-32)25-8-6-24(7-9-25)30-17-21-14-22(18-30)16-23(15-21)19-30/h2-9,21-23H,10-20H2,1H3,(H,31,34). The molecule has 0 spiro atoms. The zero-order valence-electron chi connectivity index (χ0n) is 22.5. The minimum absolute atomic E-state index is 0.186. The maximum absolute atomic E-state index is 13.1. The minimum Gasteiger partial charge on any atom is -0.378 e. The first-order valence-electron chi connectivity index (χ1n) is 14.0. The number of ether oxygens (including phenoxy) is 1. The number of para-hydroxylation sites is 1. The Bertz CT molecular complexity index is 1320. The minimum atomic E-state index is -3.72. The van der Waals surface area contributed by atoms with Crippen LogP contribution in [-0.2, 0) is 25.0 Å². The number of amides is 2. The number of hydrogen-bond acceptors (Lipinski definition) is 5. The van der Waals surface area contributed by atoms with Gasteiger partial charge in [0.05, 0.1) is 36.4 Å². The van der Waals surface area contributed by atoms with Gasteiger partial charge in [0, 0.05) is 13.1 Å². The number of rotatable bonds is 7. The average Bonchev–Trinajstić information content (AvgIpc) is 2.91. The molecule has 4 saturated carbocycles. The highest BCUT2D eigenvalue weighted by molar-refractivity contribution is 7.92. The van der Waals surface area contributed by atoms with Crippen LogP contribution in [-0.4, -0.2) is 64.2 Å². The molecular weight excluding hydrogens is 514 g/mol. The molecule has 2 amide bonds. The van der Waals surface area contributed by atoms with Crippen LogP contribution in [0.15, 0.2) is 48.5 Å². The Morgan fingerprint density at radius 2 is 1.54 bits per heavy atom. The van der Waals surface area contributed by atoms with Crippen molar-refractivity contribution in [3.63, 3.8) is 0 Å². The molecule has 5 fully saturated rings. The molecule has 1 N–H and O–H groups in total. The van der Waals surface area contributed by atoms with Gasteiger partial charge in [0.15, 0.2) is 0 Å². The van der Waals surface area contributed by atoms with Gasteiger partial charge in [0.1, 0.15) is 6.54 Å². The van der Waals surface area contributed by atoms with Crippen LogP contribution < -0.4 is 9.62 Å². The lowest BCUT2D eigenvalue weighted by molar-refractivity contribution is -0.114. The number of carbonyl (C=O) groups is 2. The van der Waals surface area contributed by atoms with Crippen molar-refractivity contribution in [2.75, 3.05) is 48.7 Å². The molecule has 208 valence electrons. The number of sulfonamides is 1. The molecule has 2 aromatic carbocycles. The van der Waals surface area contributed by atoms with E-state index in [4.69, 9.17) is 4.74 Å². The van der Waals surface area contributed by atoms with Crippen molar-refractivity contribution < 1.29 is 22.7 Å². The van der Waals surface area contributed by atoms with Gasteiger partial charge in [0.2, 0.25) is 15.9 Å².